The van der Waals surface area contributed by atoms with Crippen molar-refractivity contribution in [1.29, 1.82) is 0 Å². The molecule has 114 valence electrons. The monoisotopic (exact) mass is 299 g/mol. The van der Waals surface area contributed by atoms with Gasteiger partial charge in [-0.3, -0.25) is 4.79 Å². The molecule has 0 aliphatic heterocycles. The van der Waals surface area contributed by atoms with Gasteiger partial charge >= 0.3 is 0 Å². The van der Waals surface area contributed by atoms with Crippen molar-refractivity contribution in [3.8, 4) is 0 Å². The van der Waals surface area contributed by atoms with E-state index in [9.17, 15) is 4.79 Å². The van der Waals surface area contributed by atoms with Gasteiger partial charge in [0.15, 0.2) is 5.16 Å². The van der Waals surface area contributed by atoms with Gasteiger partial charge in [0, 0.05) is 18.3 Å². The summed E-state index contributed by atoms with van der Waals surface area (Å²) in [6, 6.07) is 0.196. The normalized spacial score (nSPS) is 16.1. The van der Waals surface area contributed by atoms with Crippen molar-refractivity contribution in [2.24, 2.45) is 12.8 Å². The second kappa shape index (κ2) is 6.58. The summed E-state index contributed by atoms with van der Waals surface area (Å²) in [5.74, 6) is 0.547. The van der Waals surface area contributed by atoms with Crippen LogP contribution in [0.25, 0.3) is 0 Å². The maximum Gasteiger partial charge on any atom is 0.237 e. The standard InChI is InChI=1S/C13H25N5OS/c1-8(2)15-13(5,11(14)19)7-9(3)20-12-17-16-10(4)18(12)6/h8-9,15H,7H2,1-6H3,(H2,14,19). The van der Waals surface area contributed by atoms with Crippen molar-refractivity contribution in [2.45, 2.75) is 63.0 Å². The Bertz CT molecular complexity index is 473. The molecule has 1 amide bonds. The smallest absolute Gasteiger partial charge is 0.237 e. The fourth-order valence-corrected chi connectivity index (χ4v) is 3.31. The molecular formula is C13H25N5OS. The largest absolute Gasteiger partial charge is 0.368 e. The average Bonchev–Trinajstić information content (AvgIpc) is 2.59. The van der Waals surface area contributed by atoms with Crippen LogP contribution in [0.15, 0.2) is 5.16 Å². The van der Waals surface area contributed by atoms with Gasteiger partial charge in [0.25, 0.3) is 0 Å². The Morgan fingerprint density at radius 3 is 2.45 bits per heavy atom. The van der Waals surface area contributed by atoms with Crippen LogP contribution in [0.2, 0.25) is 0 Å². The summed E-state index contributed by atoms with van der Waals surface area (Å²) in [7, 11) is 1.93. The number of aryl methyl sites for hydroxylation is 1. The van der Waals surface area contributed by atoms with E-state index in [0.29, 0.717) is 6.42 Å². The lowest BCUT2D eigenvalue weighted by atomic mass is 9.94. The highest BCUT2D eigenvalue weighted by Gasteiger charge is 2.33. The maximum atomic E-state index is 11.7. The zero-order valence-electron chi connectivity index (χ0n) is 13.1. The molecule has 2 unspecified atom stereocenters. The summed E-state index contributed by atoms with van der Waals surface area (Å²) < 4.78 is 1.94. The molecule has 0 aliphatic carbocycles. The van der Waals surface area contributed by atoms with Crippen molar-refractivity contribution in [3.05, 3.63) is 5.82 Å². The number of primary amides is 1. The number of carbonyl (C=O) groups is 1. The number of hydrogen-bond donors (Lipinski definition) is 2. The number of hydrogen-bond acceptors (Lipinski definition) is 5. The summed E-state index contributed by atoms with van der Waals surface area (Å²) in [5, 5.41) is 12.5. The number of nitrogens with one attached hydrogen (secondary N) is 1. The van der Waals surface area contributed by atoms with Crippen LogP contribution in [0.1, 0.15) is 39.9 Å². The van der Waals surface area contributed by atoms with E-state index in [4.69, 9.17) is 5.73 Å². The van der Waals surface area contributed by atoms with Crippen LogP contribution in [0.3, 0.4) is 0 Å². The van der Waals surface area contributed by atoms with Crippen molar-refractivity contribution >= 4 is 17.7 Å². The minimum atomic E-state index is -0.714. The van der Waals surface area contributed by atoms with E-state index in [1.807, 2.05) is 39.3 Å². The first kappa shape index (κ1) is 17.0. The van der Waals surface area contributed by atoms with Crippen molar-refractivity contribution in [2.75, 3.05) is 0 Å². The Hall–Kier alpha value is -1.08. The van der Waals surface area contributed by atoms with Crippen LogP contribution in [-0.2, 0) is 11.8 Å². The summed E-state index contributed by atoms with van der Waals surface area (Å²) >= 11 is 1.60. The number of amides is 1. The third kappa shape index (κ3) is 4.21. The molecular weight excluding hydrogens is 274 g/mol. The SMILES string of the molecule is Cc1nnc(SC(C)CC(C)(NC(C)C)C(N)=O)n1C. The molecule has 0 aromatic carbocycles. The maximum absolute atomic E-state index is 11.7. The topological polar surface area (TPSA) is 85.8 Å². The predicted octanol–water partition coefficient (Wildman–Crippen LogP) is 1.24. The molecule has 0 bridgehead atoms. The number of carbonyl (C=O) groups excluding carboxylic acids is 1. The summed E-state index contributed by atoms with van der Waals surface area (Å²) in [6.45, 7) is 9.85. The number of nitrogens with zero attached hydrogens (tertiary/aromatic N) is 3. The van der Waals surface area contributed by atoms with Crippen molar-refractivity contribution < 1.29 is 4.79 Å². The second-order valence-electron chi connectivity index (χ2n) is 5.72. The van der Waals surface area contributed by atoms with E-state index in [2.05, 4.69) is 22.4 Å². The van der Waals surface area contributed by atoms with Crippen LogP contribution in [0.4, 0.5) is 0 Å². The van der Waals surface area contributed by atoms with E-state index in [1.54, 1.807) is 11.8 Å². The van der Waals surface area contributed by atoms with Crippen LogP contribution < -0.4 is 11.1 Å². The fraction of sp³-hybridized carbons (Fsp3) is 0.769. The van der Waals surface area contributed by atoms with E-state index in [0.717, 1.165) is 11.0 Å². The molecule has 1 heterocycles. The van der Waals surface area contributed by atoms with Crippen molar-refractivity contribution in [1.82, 2.24) is 20.1 Å². The molecule has 1 aromatic heterocycles. The van der Waals surface area contributed by atoms with E-state index >= 15 is 0 Å². The Kier molecular flexibility index (Phi) is 5.59. The molecule has 3 N–H and O–H groups in total. The van der Waals surface area contributed by atoms with Crippen LogP contribution in [0, 0.1) is 6.92 Å². The molecule has 1 rings (SSSR count). The van der Waals surface area contributed by atoms with Crippen molar-refractivity contribution in [3.63, 3.8) is 0 Å². The molecule has 0 fully saturated rings. The Morgan fingerprint density at radius 2 is 2.05 bits per heavy atom. The summed E-state index contributed by atoms with van der Waals surface area (Å²) in [4.78, 5) is 11.7. The van der Waals surface area contributed by atoms with Gasteiger partial charge in [-0.1, -0.05) is 18.7 Å². The van der Waals surface area contributed by atoms with Gasteiger partial charge in [-0.05, 0) is 34.1 Å². The Morgan fingerprint density at radius 1 is 1.45 bits per heavy atom. The number of nitrogens with two attached hydrogens (primary N) is 1. The van der Waals surface area contributed by atoms with Gasteiger partial charge in [-0.25, -0.2) is 0 Å². The lowest BCUT2D eigenvalue weighted by molar-refractivity contribution is -0.124. The first-order valence-electron chi connectivity index (χ1n) is 6.76. The highest BCUT2D eigenvalue weighted by Crippen LogP contribution is 2.27. The molecule has 0 saturated carbocycles. The molecule has 20 heavy (non-hydrogen) atoms. The zero-order chi connectivity index (χ0) is 15.5. The molecule has 0 radical (unpaired) electrons. The van der Waals surface area contributed by atoms with Crippen LogP contribution in [0.5, 0.6) is 0 Å². The highest BCUT2D eigenvalue weighted by atomic mass is 32.2. The number of rotatable bonds is 7. The molecule has 0 aliphatic rings. The van der Waals surface area contributed by atoms with E-state index in [1.165, 1.54) is 0 Å². The minimum absolute atomic E-state index is 0.195. The average molecular weight is 299 g/mol. The van der Waals surface area contributed by atoms with Gasteiger partial charge in [0.2, 0.25) is 5.91 Å². The van der Waals surface area contributed by atoms with Crippen LogP contribution >= 0.6 is 11.8 Å². The molecule has 2 atom stereocenters. The summed E-state index contributed by atoms with van der Waals surface area (Å²) in [6.07, 6.45) is 0.636. The molecule has 6 nitrogen and oxygen atoms in total. The quantitative estimate of drug-likeness (QED) is 0.740. The van der Waals surface area contributed by atoms with E-state index < -0.39 is 5.54 Å². The first-order chi connectivity index (χ1) is 9.15. The zero-order valence-corrected chi connectivity index (χ0v) is 13.9. The van der Waals surface area contributed by atoms with Gasteiger partial charge in [-0.15, -0.1) is 10.2 Å². The summed E-state index contributed by atoms with van der Waals surface area (Å²) in [5.41, 5.74) is 4.84. The number of aromatic nitrogens is 3. The highest BCUT2D eigenvalue weighted by molar-refractivity contribution is 7.99. The fourth-order valence-electron chi connectivity index (χ4n) is 2.15. The first-order valence-corrected chi connectivity index (χ1v) is 7.64. The Labute approximate surface area is 124 Å². The number of thioether (sulfide) groups is 1. The van der Waals surface area contributed by atoms with Gasteiger partial charge < -0.3 is 15.6 Å². The van der Waals surface area contributed by atoms with Gasteiger partial charge in [0.05, 0.1) is 5.54 Å². The van der Waals surface area contributed by atoms with Gasteiger partial charge in [0.1, 0.15) is 5.82 Å². The van der Waals surface area contributed by atoms with Crippen LogP contribution in [-0.4, -0.2) is 37.5 Å². The molecule has 1 aromatic rings. The van der Waals surface area contributed by atoms with Gasteiger partial charge in [-0.2, -0.15) is 0 Å². The third-order valence-electron chi connectivity index (χ3n) is 3.21. The lowest BCUT2D eigenvalue weighted by Crippen LogP contribution is -2.56. The lowest BCUT2D eigenvalue weighted by Gasteiger charge is -2.32. The van der Waals surface area contributed by atoms with E-state index in [-0.39, 0.29) is 17.2 Å². The molecule has 0 saturated heterocycles. The minimum Gasteiger partial charge on any atom is -0.368 e. The predicted molar refractivity (Wildman–Crippen MR) is 81.5 cm³/mol. The second-order valence-corrected chi connectivity index (χ2v) is 7.12. The molecule has 7 heteroatoms. The Balaban J connectivity index is 2.74. The molecule has 0 spiro atoms. The third-order valence-corrected chi connectivity index (χ3v) is 4.34.